The fourth-order valence-electron chi connectivity index (χ4n) is 6.23. The van der Waals surface area contributed by atoms with Crippen molar-refractivity contribution in [3.8, 4) is 17.3 Å². The number of ether oxygens (including phenoxy) is 1. The van der Waals surface area contributed by atoms with E-state index < -0.39 is 21.8 Å². The number of imidazole rings is 1. The summed E-state index contributed by atoms with van der Waals surface area (Å²) in [6.07, 6.45) is 4.52. The van der Waals surface area contributed by atoms with Crippen molar-refractivity contribution in [1.82, 2.24) is 24.0 Å². The zero-order chi connectivity index (χ0) is 30.9. The van der Waals surface area contributed by atoms with E-state index in [1.807, 2.05) is 22.2 Å². The average Bonchev–Trinajstić information content (AvgIpc) is 3.92. The largest absolute Gasteiger partial charge is 0.494 e. The van der Waals surface area contributed by atoms with E-state index in [-0.39, 0.29) is 22.1 Å². The molecule has 234 valence electrons. The molecule has 1 amide bonds. The molecule has 2 aliphatic carbocycles. The van der Waals surface area contributed by atoms with E-state index in [1.165, 1.54) is 6.07 Å². The van der Waals surface area contributed by atoms with E-state index >= 15 is 0 Å². The second-order valence-electron chi connectivity index (χ2n) is 12.2. The number of hydrogen-bond acceptors (Lipinski definition) is 7. The minimum Gasteiger partial charge on any atom is -0.494 e. The summed E-state index contributed by atoms with van der Waals surface area (Å²) in [5.41, 5.74) is 8.98. The van der Waals surface area contributed by atoms with Gasteiger partial charge in [0.15, 0.2) is 5.82 Å². The van der Waals surface area contributed by atoms with E-state index in [4.69, 9.17) is 15.5 Å². The molecule has 4 heterocycles. The molecule has 44 heavy (non-hydrogen) atoms. The number of aryl methyl sites for hydroxylation is 1. The van der Waals surface area contributed by atoms with Gasteiger partial charge in [-0.3, -0.25) is 4.79 Å². The molecule has 1 aromatic carbocycles. The van der Waals surface area contributed by atoms with Crippen LogP contribution in [0.15, 0.2) is 30.3 Å². The molecule has 1 atom stereocenters. The molecular weight excluding hydrogens is 592 g/mol. The summed E-state index contributed by atoms with van der Waals surface area (Å²) in [5, 5.41) is -0.125. The third-order valence-electron chi connectivity index (χ3n) is 8.87. The summed E-state index contributed by atoms with van der Waals surface area (Å²) < 4.78 is 63.9. The van der Waals surface area contributed by atoms with E-state index in [9.17, 15) is 22.0 Å². The van der Waals surface area contributed by atoms with Crippen LogP contribution in [0.2, 0.25) is 0 Å². The quantitative estimate of drug-likeness (QED) is 0.277. The molecule has 11 nitrogen and oxygen atoms in total. The van der Waals surface area contributed by atoms with Crippen molar-refractivity contribution in [2.24, 2.45) is 18.7 Å². The summed E-state index contributed by atoms with van der Waals surface area (Å²) in [5.74, 6) is 1.04. The first-order valence-corrected chi connectivity index (χ1v) is 16.5. The highest BCUT2D eigenvalue weighted by molar-refractivity contribution is 7.93. The molecule has 7 rings (SSSR count). The lowest BCUT2D eigenvalue weighted by molar-refractivity contribution is 0.0708. The predicted molar refractivity (Wildman–Crippen MR) is 162 cm³/mol. The Morgan fingerprint density at radius 1 is 1.14 bits per heavy atom. The number of benzene rings is 1. The van der Waals surface area contributed by atoms with E-state index in [1.54, 1.807) is 30.2 Å². The van der Waals surface area contributed by atoms with Crippen molar-refractivity contribution < 1.29 is 26.7 Å². The number of fused-ring (bicyclic) bond motifs is 2. The second-order valence-corrected chi connectivity index (χ2v) is 14.3. The average molecular weight is 628 g/mol. The minimum absolute atomic E-state index is 0.0520. The van der Waals surface area contributed by atoms with Gasteiger partial charge in [0.25, 0.3) is 5.91 Å². The highest BCUT2D eigenvalue weighted by Gasteiger charge is 2.44. The molecule has 0 spiro atoms. The Morgan fingerprint density at radius 3 is 2.57 bits per heavy atom. The second kappa shape index (κ2) is 10.7. The number of halogens is 2. The Bertz CT molecular complexity index is 1880. The van der Waals surface area contributed by atoms with Crippen LogP contribution in [-0.4, -0.2) is 76.4 Å². The Kier molecular flexibility index (Phi) is 7.03. The number of carbonyl (C=O) groups is 1. The Labute approximate surface area is 253 Å². The summed E-state index contributed by atoms with van der Waals surface area (Å²) in [7, 11) is -0.822. The smallest absolute Gasteiger partial charge is 0.329 e. The predicted octanol–water partition coefficient (Wildman–Crippen LogP) is 4.09. The lowest BCUT2D eigenvalue weighted by Crippen LogP contribution is -2.45. The van der Waals surface area contributed by atoms with Gasteiger partial charge in [0.1, 0.15) is 22.7 Å². The molecule has 1 saturated heterocycles. The molecule has 14 heteroatoms. The number of anilines is 1. The maximum Gasteiger partial charge on any atom is 0.329 e. The van der Waals surface area contributed by atoms with Gasteiger partial charge in [-0.05, 0) is 74.8 Å². The molecular formula is C30H35F2N7O4S. The van der Waals surface area contributed by atoms with Crippen LogP contribution in [0.5, 0.6) is 5.75 Å². The van der Waals surface area contributed by atoms with Gasteiger partial charge in [-0.25, -0.2) is 18.4 Å². The van der Waals surface area contributed by atoms with Crippen LogP contribution in [0.25, 0.3) is 33.6 Å². The summed E-state index contributed by atoms with van der Waals surface area (Å²) in [4.78, 5) is 24.7. The third kappa shape index (κ3) is 4.97. The first kappa shape index (κ1) is 29.0. The van der Waals surface area contributed by atoms with Crippen molar-refractivity contribution in [1.29, 1.82) is 0 Å². The molecule has 0 radical (unpaired) electrons. The molecule has 2 saturated carbocycles. The number of piperidine rings is 1. The number of carbonyl (C=O) groups excluding carboxylic acids is 1. The molecule has 4 aromatic rings. The standard InChI is InChI=1S/C30H35F2N7O4S/c1-36-26-22(12-19(14-24(26)43-2)29(40)37-11-3-4-20(33)16-37)34-28(36)23-13-18-7-10-25(35-27(18)38(23)15-17-5-6-17)39(30(31)32)44(41,42)21-8-9-21/h7,10,12-14,17,20-21,30H,3-6,8-9,11,15-16,33H2,1-2H3/t20-/m1/s1. The number of rotatable bonds is 9. The zero-order valence-corrected chi connectivity index (χ0v) is 25.4. The summed E-state index contributed by atoms with van der Waals surface area (Å²) in [6.45, 7) is -1.53. The third-order valence-corrected chi connectivity index (χ3v) is 11.1. The number of nitrogens with two attached hydrogens (primary N) is 1. The number of alkyl halides is 2. The van der Waals surface area contributed by atoms with Crippen LogP contribution < -0.4 is 14.8 Å². The highest BCUT2D eigenvalue weighted by Crippen LogP contribution is 2.39. The van der Waals surface area contributed by atoms with Gasteiger partial charge in [-0.1, -0.05) is 0 Å². The zero-order valence-electron chi connectivity index (χ0n) is 24.6. The first-order valence-electron chi connectivity index (χ1n) is 15.0. The van der Waals surface area contributed by atoms with Crippen LogP contribution in [0.1, 0.15) is 48.9 Å². The van der Waals surface area contributed by atoms with Gasteiger partial charge in [0.05, 0.1) is 23.6 Å². The van der Waals surface area contributed by atoms with Crippen LogP contribution in [0.3, 0.4) is 0 Å². The monoisotopic (exact) mass is 627 g/mol. The number of hydrogen-bond donors (Lipinski definition) is 1. The number of nitrogens with zero attached hydrogens (tertiary/aromatic N) is 6. The fourth-order valence-corrected chi connectivity index (χ4v) is 7.87. The van der Waals surface area contributed by atoms with E-state index in [0.29, 0.717) is 83.3 Å². The number of sulfonamides is 1. The minimum atomic E-state index is -4.23. The van der Waals surface area contributed by atoms with Crippen molar-refractivity contribution in [3.63, 3.8) is 0 Å². The SMILES string of the molecule is COc1cc(C(=O)N2CCC[C@@H](N)C2)cc2nc(-c3cc4ccc(N(C(F)F)S(=O)(=O)C5CC5)nc4n3CC3CC3)n(C)c12. The van der Waals surface area contributed by atoms with E-state index in [0.717, 1.165) is 25.7 Å². The molecule has 3 fully saturated rings. The van der Waals surface area contributed by atoms with Gasteiger partial charge < -0.3 is 24.5 Å². The van der Waals surface area contributed by atoms with Crippen LogP contribution in [0.4, 0.5) is 14.6 Å². The van der Waals surface area contributed by atoms with Crippen molar-refractivity contribution in [3.05, 3.63) is 35.9 Å². The first-order chi connectivity index (χ1) is 21.1. The molecule has 3 aromatic heterocycles. The number of methoxy groups -OCH3 is 1. The Hall–Kier alpha value is -3.78. The highest BCUT2D eigenvalue weighted by atomic mass is 32.2. The number of aromatic nitrogens is 4. The maximum absolute atomic E-state index is 14.2. The Balaban J connectivity index is 1.34. The van der Waals surface area contributed by atoms with Crippen LogP contribution in [0, 0.1) is 5.92 Å². The molecule has 0 unspecified atom stereocenters. The normalized spacial score (nSPS) is 19.3. The maximum atomic E-state index is 14.2. The topological polar surface area (TPSA) is 129 Å². The number of pyridine rings is 1. The van der Waals surface area contributed by atoms with Crippen molar-refractivity contribution in [2.75, 3.05) is 24.5 Å². The van der Waals surface area contributed by atoms with Crippen molar-refractivity contribution in [2.45, 2.75) is 62.9 Å². The van der Waals surface area contributed by atoms with Crippen molar-refractivity contribution >= 4 is 43.8 Å². The lowest BCUT2D eigenvalue weighted by atomic mass is 10.0. The van der Waals surface area contributed by atoms with Crippen LogP contribution >= 0.6 is 0 Å². The van der Waals surface area contributed by atoms with Crippen LogP contribution in [-0.2, 0) is 23.6 Å². The van der Waals surface area contributed by atoms with Gasteiger partial charge in [0, 0.05) is 43.7 Å². The number of likely N-dealkylation sites (tertiary alicyclic amines) is 1. The number of amides is 1. The Morgan fingerprint density at radius 2 is 1.91 bits per heavy atom. The summed E-state index contributed by atoms with van der Waals surface area (Å²) in [6, 6.07) is 8.29. The molecule has 3 aliphatic rings. The fraction of sp³-hybridized carbons (Fsp3) is 0.500. The van der Waals surface area contributed by atoms with Gasteiger partial charge >= 0.3 is 6.55 Å². The molecule has 2 N–H and O–H groups in total. The summed E-state index contributed by atoms with van der Waals surface area (Å²) >= 11 is 0. The molecule has 1 aliphatic heterocycles. The molecule has 0 bridgehead atoms. The van der Waals surface area contributed by atoms with E-state index in [2.05, 4.69) is 4.98 Å². The van der Waals surface area contributed by atoms with Gasteiger partial charge in [-0.2, -0.15) is 13.1 Å². The van der Waals surface area contributed by atoms with Gasteiger partial charge in [-0.15, -0.1) is 0 Å². The lowest BCUT2D eigenvalue weighted by Gasteiger charge is -2.30. The van der Waals surface area contributed by atoms with Gasteiger partial charge in [0.2, 0.25) is 10.0 Å².